The lowest BCUT2D eigenvalue weighted by Crippen LogP contribution is -2.51. The minimum Gasteiger partial charge on any atom is -0.481 e. The van der Waals surface area contributed by atoms with Crippen LogP contribution in [0, 0.1) is 0 Å². The number of quaternary nitrogens is 1. The monoisotopic (exact) mass is 428 g/mol. The van der Waals surface area contributed by atoms with Gasteiger partial charge in [-0.1, -0.05) is 38.3 Å². The number of carboxylic acids is 3. The molecule has 0 bridgehead atoms. The van der Waals surface area contributed by atoms with Crippen LogP contribution in [0.5, 0.6) is 0 Å². The molecule has 0 rings (SSSR count). The number of allylic oxidation sites excluding steroid dienone is 2. The molecule has 3 N–H and O–H groups in total. The van der Waals surface area contributed by atoms with E-state index >= 15 is 0 Å². The van der Waals surface area contributed by atoms with E-state index in [4.69, 9.17) is 15.3 Å². The van der Waals surface area contributed by atoms with Gasteiger partial charge in [0.05, 0.1) is 45.4 Å². The van der Waals surface area contributed by atoms with Crippen molar-refractivity contribution in [1.82, 2.24) is 0 Å². The second-order valence-electron chi connectivity index (χ2n) is 8.19. The Labute approximate surface area is 181 Å². The summed E-state index contributed by atoms with van der Waals surface area (Å²) in [6.07, 6.45) is 14.2. The molecule has 0 heterocycles. The van der Waals surface area contributed by atoms with Crippen molar-refractivity contribution >= 4 is 17.9 Å². The second kappa shape index (κ2) is 17.9. The summed E-state index contributed by atoms with van der Waals surface area (Å²) >= 11 is 0. The molecule has 0 aliphatic carbocycles. The van der Waals surface area contributed by atoms with E-state index in [-0.39, 0.29) is 19.3 Å². The second-order valence-corrected chi connectivity index (χ2v) is 8.19. The first kappa shape index (κ1) is 28.1. The molecular formula is C23H42NO6+. The van der Waals surface area contributed by atoms with Crippen LogP contribution in [0.15, 0.2) is 12.2 Å². The maximum absolute atomic E-state index is 10.9. The van der Waals surface area contributed by atoms with E-state index in [9.17, 15) is 14.4 Å². The van der Waals surface area contributed by atoms with Crippen LogP contribution < -0.4 is 0 Å². The number of rotatable bonds is 21. The van der Waals surface area contributed by atoms with Crippen molar-refractivity contribution in [2.24, 2.45) is 0 Å². The predicted octanol–water partition coefficient (Wildman–Crippen LogP) is 4.70. The Balaban J connectivity index is 4.79. The maximum Gasteiger partial charge on any atom is 0.303 e. The van der Waals surface area contributed by atoms with Gasteiger partial charge in [-0.25, -0.2) is 0 Å². The number of hydrogen-bond donors (Lipinski definition) is 3. The van der Waals surface area contributed by atoms with Crippen LogP contribution in [0.2, 0.25) is 0 Å². The topological polar surface area (TPSA) is 112 Å². The zero-order valence-corrected chi connectivity index (χ0v) is 18.7. The van der Waals surface area contributed by atoms with Crippen molar-refractivity contribution in [3.8, 4) is 0 Å². The van der Waals surface area contributed by atoms with Gasteiger partial charge in [0.15, 0.2) is 0 Å². The first-order valence-corrected chi connectivity index (χ1v) is 11.5. The summed E-state index contributed by atoms with van der Waals surface area (Å²) in [5, 5.41) is 27.0. The van der Waals surface area contributed by atoms with E-state index in [1.54, 1.807) is 0 Å². The van der Waals surface area contributed by atoms with Crippen LogP contribution in [-0.4, -0.2) is 63.9 Å². The van der Waals surface area contributed by atoms with Gasteiger partial charge >= 0.3 is 17.9 Å². The van der Waals surface area contributed by atoms with Crippen molar-refractivity contribution in [2.45, 2.75) is 90.4 Å². The van der Waals surface area contributed by atoms with Gasteiger partial charge < -0.3 is 19.8 Å². The maximum atomic E-state index is 10.9. The molecule has 0 aromatic rings. The summed E-state index contributed by atoms with van der Waals surface area (Å²) in [5.41, 5.74) is 0. The van der Waals surface area contributed by atoms with Gasteiger partial charge in [0.1, 0.15) is 0 Å². The van der Waals surface area contributed by atoms with Gasteiger partial charge in [-0.2, -0.15) is 0 Å². The lowest BCUT2D eigenvalue weighted by Gasteiger charge is -2.39. The third-order valence-corrected chi connectivity index (χ3v) is 5.46. The number of carbonyl (C=O) groups is 3. The molecule has 7 nitrogen and oxygen atoms in total. The number of aliphatic carboxylic acids is 3. The Morgan fingerprint density at radius 2 is 1.00 bits per heavy atom. The number of carboxylic acid groups (broad SMARTS) is 3. The van der Waals surface area contributed by atoms with Crippen LogP contribution in [0.3, 0.4) is 0 Å². The number of nitrogens with zero attached hydrogens (tertiary/aromatic N) is 1. The third-order valence-electron chi connectivity index (χ3n) is 5.46. The molecule has 0 aromatic carbocycles. The minimum atomic E-state index is -0.838. The zero-order valence-electron chi connectivity index (χ0n) is 18.7. The molecule has 0 saturated carbocycles. The van der Waals surface area contributed by atoms with Crippen molar-refractivity contribution in [1.29, 1.82) is 0 Å². The summed E-state index contributed by atoms with van der Waals surface area (Å²) in [6.45, 7) is 4.95. The molecule has 7 heteroatoms. The lowest BCUT2D eigenvalue weighted by atomic mass is 10.1. The van der Waals surface area contributed by atoms with Crippen molar-refractivity contribution < 1.29 is 34.2 Å². The molecular weight excluding hydrogens is 386 g/mol. The molecule has 0 aromatic heterocycles. The molecule has 174 valence electrons. The molecule has 0 radical (unpaired) electrons. The van der Waals surface area contributed by atoms with Gasteiger partial charge in [0.2, 0.25) is 0 Å². The molecule has 0 aliphatic rings. The highest BCUT2D eigenvalue weighted by atomic mass is 16.4. The van der Waals surface area contributed by atoms with Gasteiger partial charge in [-0.05, 0) is 19.3 Å². The molecule has 0 saturated heterocycles. The highest BCUT2D eigenvalue weighted by Crippen LogP contribution is 2.17. The number of hydrogen-bond acceptors (Lipinski definition) is 3. The van der Waals surface area contributed by atoms with Crippen molar-refractivity contribution in [3.05, 3.63) is 12.2 Å². The van der Waals surface area contributed by atoms with Gasteiger partial charge in [-0.15, -0.1) is 0 Å². The predicted molar refractivity (Wildman–Crippen MR) is 117 cm³/mol. The van der Waals surface area contributed by atoms with Crippen LogP contribution in [0.4, 0.5) is 0 Å². The fraction of sp³-hybridized carbons (Fsp3) is 0.783. The summed E-state index contributed by atoms with van der Waals surface area (Å²) < 4.78 is 0.609. The van der Waals surface area contributed by atoms with Crippen LogP contribution in [0.25, 0.3) is 0 Å². The van der Waals surface area contributed by atoms with E-state index in [0.29, 0.717) is 43.4 Å². The van der Waals surface area contributed by atoms with Crippen LogP contribution in [0.1, 0.15) is 90.4 Å². The minimum absolute atomic E-state index is 0.0789. The summed E-state index contributed by atoms with van der Waals surface area (Å²) in [6, 6.07) is 0. The van der Waals surface area contributed by atoms with Crippen molar-refractivity contribution in [3.63, 3.8) is 0 Å². The van der Waals surface area contributed by atoms with E-state index in [1.807, 2.05) is 0 Å². The molecule has 0 aliphatic heterocycles. The average molecular weight is 429 g/mol. The summed E-state index contributed by atoms with van der Waals surface area (Å²) in [4.78, 5) is 32.8. The molecule has 0 atom stereocenters. The van der Waals surface area contributed by atoms with E-state index in [0.717, 1.165) is 25.8 Å². The molecule has 30 heavy (non-hydrogen) atoms. The van der Waals surface area contributed by atoms with Gasteiger partial charge in [-0.3, -0.25) is 14.4 Å². The highest BCUT2D eigenvalue weighted by Gasteiger charge is 2.27. The standard InChI is InChI=1S/C23H41NO6/c1-2-3-4-5-6-7-8-9-10-17-24(18-11-14-21(25)26,19-12-15-22(27)28)20-13-16-23(29)30/h7-8H,2-6,9-20H2,1H3,(H2-,25,26,27,28,29,30)/p+1/b8-7+. The molecule has 0 amide bonds. The smallest absolute Gasteiger partial charge is 0.303 e. The van der Waals surface area contributed by atoms with Crippen LogP contribution >= 0.6 is 0 Å². The largest absolute Gasteiger partial charge is 0.481 e. The van der Waals surface area contributed by atoms with Gasteiger partial charge in [0, 0.05) is 25.7 Å². The lowest BCUT2D eigenvalue weighted by molar-refractivity contribution is -0.928. The SMILES string of the molecule is CCCCCC/C=C/CCC[N+](CCCC(=O)O)(CCCC(=O)O)CCCC(=O)O. The zero-order chi connectivity index (χ0) is 22.7. The third kappa shape index (κ3) is 17.0. The molecule has 0 fully saturated rings. The average Bonchev–Trinajstić information content (AvgIpc) is 2.65. The van der Waals surface area contributed by atoms with Crippen LogP contribution in [-0.2, 0) is 14.4 Å². The van der Waals surface area contributed by atoms with E-state index < -0.39 is 17.9 Å². The Morgan fingerprint density at radius 1 is 0.600 bits per heavy atom. The summed E-state index contributed by atoms with van der Waals surface area (Å²) in [5.74, 6) is -2.51. The first-order valence-electron chi connectivity index (χ1n) is 11.5. The fourth-order valence-corrected chi connectivity index (χ4v) is 3.84. The van der Waals surface area contributed by atoms with E-state index in [2.05, 4.69) is 19.1 Å². The van der Waals surface area contributed by atoms with Crippen molar-refractivity contribution in [2.75, 3.05) is 26.2 Å². The Morgan fingerprint density at radius 3 is 1.40 bits per heavy atom. The quantitative estimate of drug-likeness (QED) is 0.139. The molecule has 0 unspecified atom stereocenters. The Bertz CT molecular complexity index is 468. The Kier molecular flexibility index (Phi) is 16.8. The Hall–Kier alpha value is -1.89. The molecule has 0 spiro atoms. The van der Waals surface area contributed by atoms with E-state index in [1.165, 1.54) is 25.7 Å². The summed E-state index contributed by atoms with van der Waals surface area (Å²) in [7, 11) is 0. The normalized spacial score (nSPS) is 11.8. The fourth-order valence-electron chi connectivity index (χ4n) is 3.84. The highest BCUT2D eigenvalue weighted by molar-refractivity contribution is 5.67. The number of unbranched alkanes of at least 4 members (excludes halogenated alkanes) is 5. The first-order chi connectivity index (χ1) is 14.3. The van der Waals surface area contributed by atoms with Gasteiger partial charge in [0.25, 0.3) is 0 Å².